The Kier molecular flexibility index (Phi) is 2.32. The lowest BCUT2D eigenvalue weighted by molar-refractivity contribution is -0.0224. The largest absolute Gasteiger partial charge is 0.509 e. The molecule has 1 aromatic rings. The van der Waals surface area contributed by atoms with Crippen molar-refractivity contribution in [3.8, 4) is 11.5 Å². The number of benzene rings is 1. The number of likely N-dealkylation sites (tertiary alicyclic amines) is 1. The van der Waals surface area contributed by atoms with Gasteiger partial charge in [0, 0.05) is 17.0 Å². The molecule has 4 unspecified atom stereocenters. The lowest BCUT2D eigenvalue weighted by atomic mass is 9.53. The molecule has 1 saturated heterocycles. The molecule has 4 nitrogen and oxygen atoms in total. The van der Waals surface area contributed by atoms with E-state index >= 15 is 0 Å². The predicted octanol–water partition coefficient (Wildman–Crippen LogP) is 2.42. The van der Waals surface area contributed by atoms with Crippen LogP contribution in [0.4, 0.5) is 0 Å². The molecule has 0 amide bonds. The fourth-order valence-electron chi connectivity index (χ4n) is 5.49. The summed E-state index contributed by atoms with van der Waals surface area (Å²) < 4.78 is 11.8. The highest BCUT2D eigenvalue weighted by atomic mass is 16.5. The topological polar surface area (TPSA) is 41.9 Å². The second-order valence-electron chi connectivity index (χ2n) is 7.14. The van der Waals surface area contributed by atoms with Gasteiger partial charge in [0.1, 0.15) is 5.76 Å². The van der Waals surface area contributed by atoms with E-state index in [1.165, 1.54) is 11.1 Å². The first-order valence-electron chi connectivity index (χ1n) is 8.13. The number of aliphatic hydroxyl groups excluding tert-OH is 1. The summed E-state index contributed by atoms with van der Waals surface area (Å²) >= 11 is 0. The van der Waals surface area contributed by atoms with E-state index in [4.69, 9.17) is 9.47 Å². The second-order valence-corrected chi connectivity index (χ2v) is 7.14. The van der Waals surface area contributed by atoms with Gasteiger partial charge in [0.2, 0.25) is 0 Å². The van der Waals surface area contributed by atoms with E-state index in [1.807, 2.05) is 12.1 Å². The number of rotatable bonds is 1. The van der Waals surface area contributed by atoms with E-state index in [0.29, 0.717) is 17.7 Å². The van der Waals surface area contributed by atoms with Crippen LogP contribution in [0.1, 0.15) is 24.0 Å². The van der Waals surface area contributed by atoms with E-state index in [0.717, 1.165) is 37.3 Å². The minimum atomic E-state index is -0.229. The molecule has 0 aromatic heterocycles. The van der Waals surface area contributed by atoms with E-state index in [1.54, 1.807) is 7.11 Å². The van der Waals surface area contributed by atoms with E-state index < -0.39 is 0 Å². The maximum Gasteiger partial charge on any atom is 0.166 e. The molecule has 1 aromatic carbocycles. The SMILES string of the molecule is COc1ccc2c3c1OC1C(O)=CCC4C(C2)N(C)CCC314. The molecule has 0 radical (unpaired) electrons. The van der Waals surface area contributed by atoms with Crippen LogP contribution in [0.15, 0.2) is 24.0 Å². The van der Waals surface area contributed by atoms with Crippen molar-refractivity contribution >= 4 is 0 Å². The molecule has 4 atom stereocenters. The number of piperidine rings is 1. The standard InChI is InChI=1S/C18H21NO3/c1-19-8-7-18-11-4-5-13(20)17(18)22-16-14(21-2)6-3-10(15(16)18)9-12(11)19/h3,5-6,11-12,17,20H,4,7-9H2,1-2H3. The van der Waals surface area contributed by atoms with Crippen molar-refractivity contribution in [2.24, 2.45) is 5.92 Å². The van der Waals surface area contributed by atoms with Gasteiger partial charge in [-0.1, -0.05) is 6.07 Å². The predicted molar refractivity (Wildman–Crippen MR) is 82.6 cm³/mol. The van der Waals surface area contributed by atoms with Crippen molar-refractivity contribution < 1.29 is 14.6 Å². The minimum Gasteiger partial charge on any atom is -0.509 e. The normalized spacial score (nSPS) is 38.1. The lowest BCUT2D eigenvalue weighted by Gasteiger charge is -2.56. The molecule has 2 heterocycles. The average Bonchev–Trinajstić information content (AvgIpc) is 2.88. The van der Waals surface area contributed by atoms with Gasteiger partial charge in [0.15, 0.2) is 17.6 Å². The third-order valence-electron chi connectivity index (χ3n) is 6.45. The molecule has 0 saturated carbocycles. The summed E-state index contributed by atoms with van der Waals surface area (Å²) in [6.07, 6.45) is 4.80. The van der Waals surface area contributed by atoms with Crippen molar-refractivity contribution in [1.29, 1.82) is 0 Å². The Morgan fingerprint density at radius 2 is 2.27 bits per heavy atom. The monoisotopic (exact) mass is 299 g/mol. The number of allylic oxidation sites excluding steroid dienone is 1. The van der Waals surface area contributed by atoms with Gasteiger partial charge in [0.25, 0.3) is 0 Å². The van der Waals surface area contributed by atoms with Gasteiger partial charge in [-0.2, -0.15) is 0 Å². The first-order valence-corrected chi connectivity index (χ1v) is 8.13. The first kappa shape index (κ1) is 12.8. The zero-order valence-corrected chi connectivity index (χ0v) is 13.0. The quantitative estimate of drug-likeness (QED) is 0.865. The van der Waals surface area contributed by atoms with Gasteiger partial charge < -0.3 is 19.5 Å². The number of ether oxygens (including phenoxy) is 2. The molecule has 22 heavy (non-hydrogen) atoms. The minimum absolute atomic E-state index is 0.0620. The number of methoxy groups -OCH3 is 1. The van der Waals surface area contributed by atoms with Crippen molar-refractivity contribution in [1.82, 2.24) is 4.90 Å². The molecule has 116 valence electrons. The van der Waals surface area contributed by atoms with Gasteiger partial charge >= 0.3 is 0 Å². The molecule has 4 heteroatoms. The molecule has 1 spiro atoms. The fraction of sp³-hybridized carbons (Fsp3) is 0.556. The number of hydrogen-bond acceptors (Lipinski definition) is 4. The zero-order valence-electron chi connectivity index (χ0n) is 13.0. The summed E-state index contributed by atoms with van der Waals surface area (Å²) in [4.78, 5) is 2.49. The highest BCUT2D eigenvalue weighted by Gasteiger charge is 2.64. The maximum absolute atomic E-state index is 10.5. The van der Waals surface area contributed by atoms with Crippen molar-refractivity contribution in [2.45, 2.75) is 36.8 Å². The molecule has 2 aliphatic heterocycles. The van der Waals surface area contributed by atoms with Crippen molar-refractivity contribution in [3.63, 3.8) is 0 Å². The van der Waals surface area contributed by atoms with Crippen LogP contribution in [-0.4, -0.2) is 42.9 Å². The molecular weight excluding hydrogens is 278 g/mol. The summed E-state index contributed by atoms with van der Waals surface area (Å²) in [6.45, 7) is 1.06. The Morgan fingerprint density at radius 1 is 1.41 bits per heavy atom. The summed E-state index contributed by atoms with van der Waals surface area (Å²) in [6, 6.07) is 4.75. The highest BCUT2D eigenvalue weighted by Crippen LogP contribution is 2.63. The summed E-state index contributed by atoms with van der Waals surface area (Å²) in [7, 11) is 3.92. The number of hydrogen-bond donors (Lipinski definition) is 1. The number of nitrogens with zero attached hydrogens (tertiary/aromatic N) is 1. The molecule has 2 aliphatic carbocycles. The van der Waals surface area contributed by atoms with Gasteiger partial charge in [-0.15, -0.1) is 0 Å². The van der Waals surface area contributed by atoms with Gasteiger partial charge in [-0.3, -0.25) is 0 Å². The van der Waals surface area contributed by atoms with Gasteiger partial charge in [-0.05, 0) is 56.5 Å². The van der Waals surface area contributed by atoms with Crippen molar-refractivity contribution in [3.05, 3.63) is 35.1 Å². The Labute approximate surface area is 130 Å². The van der Waals surface area contributed by atoms with Gasteiger partial charge in [0.05, 0.1) is 7.11 Å². The third kappa shape index (κ3) is 1.25. The maximum atomic E-state index is 10.5. The van der Waals surface area contributed by atoms with Crippen LogP contribution in [0.25, 0.3) is 0 Å². The molecule has 5 rings (SSSR count). The summed E-state index contributed by atoms with van der Waals surface area (Å²) in [5, 5.41) is 10.5. The van der Waals surface area contributed by atoms with Gasteiger partial charge in [-0.25, -0.2) is 0 Å². The Bertz CT molecular complexity index is 698. The Morgan fingerprint density at radius 3 is 3.09 bits per heavy atom. The fourth-order valence-corrected chi connectivity index (χ4v) is 5.49. The molecule has 1 fully saturated rings. The highest BCUT2D eigenvalue weighted by molar-refractivity contribution is 5.62. The Hall–Kier alpha value is -1.68. The number of aliphatic hydroxyl groups is 1. The zero-order chi connectivity index (χ0) is 15.1. The van der Waals surface area contributed by atoms with Crippen LogP contribution in [0, 0.1) is 5.92 Å². The summed E-state index contributed by atoms with van der Waals surface area (Å²) in [5.41, 5.74) is 2.64. The summed E-state index contributed by atoms with van der Waals surface area (Å²) in [5.74, 6) is 2.60. The van der Waals surface area contributed by atoms with E-state index in [-0.39, 0.29) is 11.5 Å². The van der Waals surface area contributed by atoms with Crippen molar-refractivity contribution in [2.75, 3.05) is 20.7 Å². The third-order valence-corrected chi connectivity index (χ3v) is 6.45. The van der Waals surface area contributed by atoms with Crippen LogP contribution >= 0.6 is 0 Å². The molecule has 2 bridgehead atoms. The van der Waals surface area contributed by atoms with Crippen LogP contribution in [0.5, 0.6) is 11.5 Å². The lowest BCUT2D eigenvalue weighted by Crippen LogP contribution is -2.63. The van der Waals surface area contributed by atoms with Crippen LogP contribution < -0.4 is 9.47 Å². The van der Waals surface area contributed by atoms with E-state index in [2.05, 4.69) is 18.0 Å². The second kappa shape index (κ2) is 3.99. The molecule has 4 aliphatic rings. The smallest absolute Gasteiger partial charge is 0.166 e. The average molecular weight is 299 g/mol. The van der Waals surface area contributed by atoms with Crippen LogP contribution in [0.3, 0.4) is 0 Å². The van der Waals surface area contributed by atoms with Crippen LogP contribution in [-0.2, 0) is 11.8 Å². The van der Waals surface area contributed by atoms with Crippen LogP contribution in [0.2, 0.25) is 0 Å². The first-order chi connectivity index (χ1) is 10.7. The molecule has 1 N–H and O–H groups in total. The molecular formula is C18H21NO3. The van der Waals surface area contributed by atoms with E-state index in [9.17, 15) is 5.11 Å². The Balaban J connectivity index is 1.83. The number of likely N-dealkylation sites (N-methyl/N-ethyl adjacent to an activating group) is 1.